The molecule has 2 N–H and O–H groups in total. The maximum absolute atomic E-state index is 14.1. The Balaban J connectivity index is 2.28. The number of terminal acetylenes is 1. The molecule has 1 amide bonds. The lowest BCUT2D eigenvalue weighted by molar-refractivity contribution is -0.123. The quantitative estimate of drug-likeness (QED) is 0.789. The first-order chi connectivity index (χ1) is 10.6. The molecule has 4 nitrogen and oxygen atoms in total. The average Bonchev–Trinajstić information content (AvgIpc) is 2.65. The third-order valence-electron chi connectivity index (χ3n) is 3.31. The summed E-state index contributed by atoms with van der Waals surface area (Å²) >= 11 is 0. The standard InChI is InChI=1S/C17H11FN2O2/c1-2-10-7-8-14-12(9-10)15(20-17(22)16(21)19-14)11-5-3-4-6-13(11)18/h1,3-9,17,22H,(H,19,21). The van der Waals surface area contributed by atoms with E-state index in [-0.39, 0.29) is 11.3 Å². The van der Waals surface area contributed by atoms with E-state index in [1.54, 1.807) is 30.3 Å². The highest BCUT2D eigenvalue weighted by Gasteiger charge is 2.25. The Hall–Kier alpha value is -2.97. The molecule has 2 aromatic carbocycles. The van der Waals surface area contributed by atoms with E-state index < -0.39 is 18.0 Å². The SMILES string of the molecule is C#Cc1ccc2c(c1)C(c1ccccc1F)=NC(O)C(=O)N2. The molecule has 108 valence electrons. The van der Waals surface area contributed by atoms with Crippen molar-refractivity contribution in [2.45, 2.75) is 6.23 Å². The highest BCUT2D eigenvalue weighted by atomic mass is 19.1. The molecular formula is C17H11FN2O2. The largest absolute Gasteiger partial charge is 0.364 e. The minimum Gasteiger partial charge on any atom is -0.364 e. The number of aliphatic hydroxyl groups is 1. The summed E-state index contributed by atoms with van der Waals surface area (Å²) in [5, 5.41) is 12.4. The number of benzene rings is 2. The van der Waals surface area contributed by atoms with E-state index in [2.05, 4.69) is 16.2 Å². The first kappa shape index (κ1) is 14.0. The van der Waals surface area contributed by atoms with Crippen LogP contribution in [0.5, 0.6) is 0 Å². The van der Waals surface area contributed by atoms with E-state index in [4.69, 9.17) is 6.42 Å². The van der Waals surface area contributed by atoms with Crippen molar-refractivity contribution >= 4 is 17.3 Å². The predicted molar refractivity (Wildman–Crippen MR) is 81.1 cm³/mol. The van der Waals surface area contributed by atoms with Gasteiger partial charge in [0.2, 0.25) is 6.23 Å². The van der Waals surface area contributed by atoms with Crippen LogP contribution in [0.25, 0.3) is 0 Å². The molecule has 0 radical (unpaired) electrons. The Morgan fingerprint density at radius 1 is 1.23 bits per heavy atom. The Kier molecular flexibility index (Phi) is 3.45. The van der Waals surface area contributed by atoms with Crippen LogP contribution in [-0.4, -0.2) is 23.0 Å². The second kappa shape index (κ2) is 5.43. The first-order valence-electron chi connectivity index (χ1n) is 6.53. The summed E-state index contributed by atoms with van der Waals surface area (Å²) in [6.45, 7) is 0. The summed E-state index contributed by atoms with van der Waals surface area (Å²) in [5.41, 5.74) is 1.81. The first-order valence-corrected chi connectivity index (χ1v) is 6.53. The van der Waals surface area contributed by atoms with Crippen molar-refractivity contribution in [2.75, 3.05) is 5.32 Å². The van der Waals surface area contributed by atoms with Crippen molar-refractivity contribution in [3.63, 3.8) is 0 Å². The normalized spacial score (nSPS) is 16.9. The van der Waals surface area contributed by atoms with Gasteiger partial charge in [-0.2, -0.15) is 0 Å². The van der Waals surface area contributed by atoms with E-state index in [0.717, 1.165) is 0 Å². The van der Waals surface area contributed by atoms with Gasteiger partial charge in [-0.05, 0) is 30.3 Å². The Labute approximate surface area is 126 Å². The molecule has 0 aromatic heterocycles. The van der Waals surface area contributed by atoms with Crippen LogP contribution >= 0.6 is 0 Å². The Bertz CT molecular complexity index is 837. The average molecular weight is 294 g/mol. The lowest BCUT2D eigenvalue weighted by Gasteiger charge is -2.11. The maximum Gasteiger partial charge on any atom is 0.276 e. The van der Waals surface area contributed by atoms with Crippen LogP contribution in [0.2, 0.25) is 0 Å². The molecule has 0 spiro atoms. The molecule has 22 heavy (non-hydrogen) atoms. The number of anilines is 1. The number of hydrogen-bond acceptors (Lipinski definition) is 3. The van der Waals surface area contributed by atoms with Crippen LogP contribution in [-0.2, 0) is 4.79 Å². The second-order valence-electron chi connectivity index (χ2n) is 4.73. The number of benzodiazepines with no additional fused rings is 1. The Morgan fingerprint density at radius 2 is 2.00 bits per heavy atom. The third kappa shape index (κ3) is 2.36. The fraction of sp³-hybridized carbons (Fsp3) is 0.0588. The summed E-state index contributed by atoms with van der Waals surface area (Å²) in [6.07, 6.45) is 3.78. The van der Waals surface area contributed by atoms with Crippen molar-refractivity contribution in [2.24, 2.45) is 4.99 Å². The van der Waals surface area contributed by atoms with Gasteiger partial charge in [-0.1, -0.05) is 18.1 Å². The zero-order chi connectivity index (χ0) is 15.7. The molecule has 1 unspecified atom stereocenters. The zero-order valence-electron chi connectivity index (χ0n) is 11.4. The van der Waals surface area contributed by atoms with Crippen LogP contribution in [0.4, 0.5) is 10.1 Å². The number of hydrogen-bond donors (Lipinski definition) is 2. The molecule has 1 heterocycles. The van der Waals surface area contributed by atoms with Crippen LogP contribution in [0, 0.1) is 18.2 Å². The van der Waals surface area contributed by atoms with E-state index in [0.29, 0.717) is 16.8 Å². The predicted octanol–water partition coefficient (Wildman–Crippen LogP) is 1.91. The number of carbonyl (C=O) groups is 1. The molecule has 5 heteroatoms. The number of aliphatic imine (C=N–C) groups is 1. The lowest BCUT2D eigenvalue weighted by Crippen LogP contribution is -2.24. The second-order valence-corrected chi connectivity index (χ2v) is 4.73. The van der Waals surface area contributed by atoms with Gasteiger partial charge in [0.25, 0.3) is 5.91 Å². The molecule has 0 aliphatic carbocycles. The number of nitrogens with one attached hydrogen (secondary N) is 1. The van der Waals surface area contributed by atoms with Crippen LogP contribution in [0.15, 0.2) is 47.5 Å². The van der Waals surface area contributed by atoms with Gasteiger partial charge in [0.15, 0.2) is 0 Å². The van der Waals surface area contributed by atoms with Gasteiger partial charge in [-0.25, -0.2) is 9.38 Å². The van der Waals surface area contributed by atoms with Gasteiger partial charge in [0, 0.05) is 16.7 Å². The van der Waals surface area contributed by atoms with Gasteiger partial charge < -0.3 is 10.4 Å². The molecule has 0 fully saturated rings. The van der Waals surface area contributed by atoms with Crippen LogP contribution in [0.1, 0.15) is 16.7 Å². The maximum atomic E-state index is 14.1. The number of aliphatic hydroxyl groups excluding tert-OH is 1. The molecule has 0 bridgehead atoms. The van der Waals surface area contributed by atoms with E-state index in [1.807, 2.05) is 0 Å². The molecule has 1 atom stereocenters. The monoisotopic (exact) mass is 294 g/mol. The fourth-order valence-corrected chi connectivity index (χ4v) is 2.25. The van der Waals surface area contributed by atoms with E-state index in [1.165, 1.54) is 12.1 Å². The van der Waals surface area contributed by atoms with E-state index >= 15 is 0 Å². The molecule has 1 aliphatic rings. The molecule has 0 saturated heterocycles. The van der Waals surface area contributed by atoms with Crippen molar-refractivity contribution < 1.29 is 14.3 Å². The highest BCUT2D eigenvalue weighted by Crippen LogP contribution is 2.26. The van der Waals surface area contributed by atoms with Gasteiger partial charge >= 0.3 is 0 Å². The number of amides is 1. The number of rotatable bonds is 1. The molecular weight excluding hydrogens is 283 g/mol. The number of halogens is 1. The van der Waals surface area contributed by atoms with Crippen molar-refractivity contribution in [3.05, 3.63) is 65.0 Å². The van der Waals surface area contributed by atoms with Crippen molar-refractivity contribution in [3.8, 4) is 12.3 Å². The summed E-state index contributed by atoms with van der Waals surface area (Å²) in [7, 11) is 0. The summed E-state index contributed by atoms with van der Waals surface area (Å²) in [6, 6.07) is 10.9. The molecule has 0 saturated carbocycles. The van der Waals surface area contributed by atoms with Crippen molar-refractivity contribution in [1.29, 1.82) is 0 Å². The summed E-state index contributed by atoms with van der Waals surface area (Å²) in [4.78, 5) is 15.7. The number of carbonyl (C=O) groups excluding carboxylic acids is 1. The molecule has 1 aliphatic heterocycles. The lowest BCUT2D eigenvalue weighted by atomic mass is 9.98. The number of fused-ring (bicyclic) bond motifs is 1. The summed E-state index contributed by atoms with van der Waals surface area (Å²) < 4.78 is 14.1. The third-order valence-corrected chi connectivity index (χ3v) is 3.31. The van der Waals surface area contributed by atoms with Gasteiger partial charge in [0.05, 0.1) is 11.4 Å². The van der Waals surface area contributed by atoms with Gasteiger partial charge in [0.1, 0.15) is 5.82 Å². The minimum absolute atomic E-state index is 0.177. The zero-order valence-corrected chi connectivity index (χ0v) is 11.4. The summed E-state index contributed by atoms with van der Waals surface area (Å²) in [5.74, 6) is 1.30. The number of nitrogens with zero attached hydrogens (tertiary/aromatic N) is 1. The molecule has 3 rings (SSSR count). The highest BCUT2D eigenvalue weighted by molar-refractivity contribution is 6.19. The van der Waals surface area contributed by atoms with E-state index in [9.17, 15) is 14.3 Å². The smallest absolute Gasteiger partial charge is 0.276 e. The van der Waals surface area contributed by atoms with Crippen LogP contribution in [0.3, 0.4) is 0 Å². The Morgan fingerprint density at radius 3 is 2.73 bits per heavy atom. The topological polar surface area (TPSA) is 61.7 Å². The van der Waals surface area contributed by atoms with Gasteiger partial charge in [-0.3, -0.25) is 4.79 Å². The van der Waals surface area contributed by atoms with Gasteiger partial charge in [-0.15, -0.1) is 6.42 Å². The van der Waals surface area contributed by atoms with Crippen molar-refractivity contribution in [1.82, 2.24) is 0 Å². The minimum atomic E-state index is -1.61. The fourth-order valence-electron chi connectivity index (χ4n) is 2.25. The van der Waals surface area contributed by atoms with Crippen LogP contribution < -0.4 is 5.32 Å². The molecule has 2 aromatic rings.